The average Bonchev–Trinajstić information content (AvgIpc) is 2.83. The van der Waals surface area contributed by atoms with Gasteiger partial charge in [0.05, 0.1) is 0 Å². The number of hydrogen-bond acceptors (Lipinski definition) is 11. The summed E-state index contributed by atoms with van der Waals surface area (Å²) in [6.45, 7) is 23.8. The normalized spacial score (nSPS) is 8.00. The second-order valence-corrected chi connectivity index (χ2v) is 13.1. The van der Waals surface area contributed by atoms with Crippen molar-refractivity contribution in [2.24, 2.45) is 0 Å². The molecule has 0 radical (unpaired) electrons. The third-order valence-corrected chi connectivity index (χ3v) is 8.10. The molecule has 0 rings (SSSR count). The van der Waals surface area contributed by atoms with E-state index in [4.69, 9.17) is 99.4 Å². The van der Waals surface area contributed by atoms with Gasteiger partial charge in [-0.05, 0) is 55.4 Å². The Morgan fingerprint density at radius 1 is 0.487 bits per heavy atom. The third kappa shape index (κ3) is 44.5. The molecular weight excluding hydrogens is 864 g/mol. The zero-order valence-electron chi connectivity index (χ0n) is 23.6. The number of hydrogen-bond donors (Lipinski definition) is 0. The Bertz CT molecular complexity index is 528. The predicted molar refractivity (Wildman–Crippen MR) is 188 cm³/mol. The van der Waals surface area contributed by atoms with Crippen LogP contribution in [0.25, 0.3) is 0 Å². The molecule has 0 bridgehead atoms. The van der Waals surface area contributed by atoms with E-state index < -0.39 is 37.8 Å². The topological polar surface area (TPSA) is 56.3 Å². The van der Waals surface area contributed by atoms with E-state index in [1.807, 2.05) is 75.0 Å². The minimum atomic E-state index is -1.53. The molecule has 0 aliphatic carbocycles. The molecule has 7 nitrogen and oxygen atoms in total. The molecular formula is C20H42Cl2Mo2N4O3S8-4. The molecule has 0 aromatic rings. The monoisotopic (exact) mass is 908 g/mol. The summed E-state index contributed by atoms with van der Waals surface area (Å²) in [5.41, 5.74) is 0. The van der Waals surface area contributed by atoms with Crippen LogP contribution in [0.1, 0.15) is 55.4 Å². The van der Waals surface area contributed by atoms with E-state index in [-0.39, 0.29) is 24.8 Å². The first-order valence-corrected chi connectivity index (χ1v) is 17.9. The van der Waals surface area contributed by atoms with Crippen molar-refractivity contribution < 1.29 is 46.7 Å². The average molecular weight is 906 g/mol. The molecule has 0 atom stereocenters. The van der Waals surface area contributed by atoms with Gasteiger partial charge in [0.25, 0.3) is 0 Å². The molecule has 0 aliphatic heterocycles. The van der Waals surface area contributed by atoms with Crippen molar-refractivity contribution in [3.63, 3.8) is 0 Å². The fraction of sp³-hybridized carbons (Fsp3) is 0.800. The maximum atomic E-state index is 9.27. The van der Waals surface area contributed by atoms with Crippen LogP contribution in [0.5, 0.6) is 0 Å². The molecule has 0 aromatic carbocycles. The second-order valence-electron chi connectivity index (χ2n) is 5.96. The van der Waals surface area contributed by atoms with Crippen molar-refractivity contribution in [2.45, 2.75) is 55.4 Å². The number of rotatable bonds is 10. The Hall–Kier alpha value is 1.96. The second kappa shape index (κ2) is 44.4. The van der Waals surface area contributed by atoms with Crippen LogP contribution in [0.15, 0.2) is 0 Å². The molecule has 39 heavy (non-hydrogen) atoms. The van der Waals surface area contributed by atoms with Crippen molar-refractivity contribution in [2.75, 3.05) is 52.4 Å². The van der Waals surface area contributed by atoms with Gasteiger partial charge in [-0.3, -0.25) is 0 Å². The van der Waals surface area contributed by atoms with Crippen molar-refractivity contribution >= 4 is 141 Å². The van der Waals surface area contributed by atoms with Crippen molar-refractivity contribution in [1.82, 2.24) is 19.6 Å². The Morgan fingerprint density at radius 3 is 0.615 bits per heavy atom. The Balaban J connectivity index is -0.0000000653. The van der Waals surface area contributed by atoms with Gasteiger partial charge in [-0.2, -0.15) is 0 Å². The summed E-state index contributed by atoms with van der Waals surface area (Å²) in [7, 11) is 0. The van der Waals surface area contributed by atoms with Gasteiger partial charge < -0.3 is 119 Å². The Morgan fingerprint density at radius 2 is 0.615 bits per heavy atom. The summed E-state index contributed by atoms with van der Waals surface area (Å²) in [5.74, 6) is 0. The summed E-state index contributed by atoms with van der Waals surface area (Å²) < 4.78 is 24.8. The van der Waals surface area contributed by atoms with Crippen molar-refractivity contribution in [1.29, 1.82) is 0 Å². The summed E-state index contributed by atoms with van der Waals surface area (Å²) in [6.07, 6.45) is 0. The fourth-order valence-corrected chi connectivity index (χ4v) is 4.39. The van der Waals surface area contributed by atoms with Gasteiger partial charge in [0, 0.05) is 52.4 Å². The van der Waals surface area contributed by atoms with Crippen LogP contribution in [0.4, 0.5) is 0 Å². The van der Waals surface area contributed by atoms with Gasteiger partial charge in [0.15, 0.2) is 0 Å². The van der Waals surface area contributed by atoms with E-state index in [1.54, 1.807) is 0 Å². The zero-order chi connectivity index (χ0) is 30.4. The Labute approximate surface area is 311 Å². The SMILES string of the molecule is CCN(CC)C(=S)[S-].CCN(CC)C(=S)[S-].CCN(CC)C(=S)[S-].CCN(CC)C(=S)[S-].Cl.Cl.[O]=[Mo][O][Mo]=[O]. The summed E-state index contributed by atoms with van der Waals surface area (Å²) in [5, 5.41) is 0. The van der Waals surface area contributed by atoms with E-state index in [1.165, 1.54) is 0 Å². The van der Waals surface area contributed by atoms with Gasteiger partial charge >= 0.3 is 46.7 Å². The maximum absolute atomic E-state index is 9.27. The third-order valence-electron chi connectivity index (χ3n) is 4.14. The molecule has 0 amide bonds. The van der Waals surface area contributed by atoms with Crippen LogP contribution >= 0.6 is 73.7 Å². The predicted octanol–water partition coefficient (Wildman–Crippen LogP) is 5.17. The number of thiocarbonyl (C=S) groups is 4. The van der Waals surface area contributed by atoms with E-state index in [2.05, 4.69) is 2.04 Å². The van der Waals surface area contributed by atoms with Gasteiger partial charge in [0.1, 0.15) is 0 Å². The summed E-state index contributed by atoms with van der Waals surface area (Å²) >= 11 is 35.0. The van der Waals surface area contributed by atoms with Gasteiger partial charge in [-0.25, -0.2) is 0 Å². The first-order valence-electron chi connectivity index (χ1n) is 11.4. The van der Waals surface area contributed by atoms with Crippen LogP contribution in [0.3, 0.4) is 0 Å². The van der Waals surface area contributed by atoms with Crippen LogP contribution in [0.2, 0.25) is 0 Å². The van der Waals surface area contributed by atoms with Crippen LogP contribution in [0, 0.1) is 0 Å². The van der Waals surface area contributed by atoms with E-state index in [0.717, 1.165) is 52.4 Å². The Kier molecular flexibility index (Phi) is 64.6. The van der Waals surface area contributed by atoms with Crippen LogP contribution < -0.4 is 0 Å². The summed E-state index contributed by atoms with van der Waals surface area (Å²) in [4.78, 5) is 7.85. The van der Waals surface area contributed by atoms with E-state index in [0.29, 0.717) is 17.3 Å². The van der Waals surface area contributed by atoms with Crippen LogP contribution in [-0.2, 0) is 97.2 Å². The molecule has 19 heteroatoms. The minimum absolute atomic E-state index is 0. The molecule has 0 spiro atoms. The van der Waals surface area contributed by atoms with Gasteiger partial charge in [-0.15, -0.1) is 24.8 Å². The molecule has 0 saturated heterocycles. The van der Waals surface area contributed by atoms with Crippen LogP contribution in [-0.4, -0.2) is 89.2 Å². The molecule has 0 aliphatic rings. The number of halogens is 2. The quantitative estimate of drug-likeness (QED) is 0.165. The molecule has 0 aromatic heterocycles. The molecule has 0 N–H and O–H groups in total. The van der Waals surface area contributed by atoms with E-state index >= 15 is 0 Å². The molecule has 0 heterocycles. The summed E-state index contributed by atoms with van der Waals surface area (Å²) in [6, 6.07) is 0. The fourth-order valence-electron chi connectivity index (χ4n) is 1.94. The first-order chi connectivity index (χ1) is 17.3. The molecule has 0 saturated carbocycles. The van der Waals surface area contributed by atoms with Crippen molar-refractivity contribution in [3.8, 4) is 0 Å². The molecule has 0 fully saturated rings. The standard InChI is InChI=1S/4C5H11NS2.2ClH.2Mo.3O/c4*1-3-6(4-2)5(7)8;;;;;;;/h4*3-4H2,1-2H3,(H,7,8);2*1H;;;;;/p-4. The van der Waals surface area contributed by atoms with Gasteiger partial charge in [-0.1, -0.05) is 17.3 Å². The molecule has 0 unspecified atom stereocenters. The van der Waals surface area contributed by atoms with Gasteiger partial charge in [0.2, 0.25) is 0 Å². The van der Waals surface area contributed by atoms with E-state index in [9.17, 15) is 6.80 Å². The van der Waals surface area contributed by atoms with Crippen molar-refractivity contribution in [3.05, 3.63) is 0 Å². The number of nitrogens with zero attached hydrogens (tertiary/aromatic N) is 4. The first kappa shape index (κ1) is 56.7. The molecule has 238 valence electrons. The zero-order valence-corrected chi connectivity index (χ0v) is 35.7.